The van der Waals surface area contributed by atoms with Crippen molar-refractivity contribution in [2.45, 2.75) is 13.1 Å². The second-order valence-corrected chi connectivity index (χ2v) is 3.98. The van der Waals surface area contributed by atoms with E-state index >= 15 is 0 Å². The van der Waals surface area contributed by atoms with E-state index in [9.17, 15) is 4.79 Å². The van der Waals surface area contributed by atoms with Crippen LogP contribution in [-0.4, -0.2) is 17.0 Å². The quantitative estimate of drug-likeness (QED) is 0.775. The molecule has 92 valence electrons. The Morgan fingerprint density at radius 3 is 3.00 bits per heavy atom. The first-order valence-corrected chi connectivity index (χ1v) is 5.66. The number of nitrogens with one attached hydrogen (secondary N) is 1. The maximum atomic E-state index is 11.5. The zero-order chi connectivity index (χ0) is 13.0. The fourth-order valence-electron chi connectivity index (χ4n) is 1.86. The summed E-state index contributed by atoms with van der Waals surface area (Å²) in [5.74, 6) is -0.169. The summed E-state index contributed by atoms with van der Waals surface area (Å²) in [7, 11) is 0. The molecule has 0 spiro atoms. The Bertz CT molecular complexity index is 609. The minimum atomic E-state index is -0.169. The first-order chi connectivity index (χ1) is 8.74. The monoisotopic (exact) mass is 242 g/mol. The van der Waals surface area contributed by atoms with E-state index in [0.717, 1.165) is 16.5 Å². The Morgan fingerprint density at radius 2 is 2.28 bits per heavy atom. The number of rotatable bonds is 4. The van der Waals surface area contributed by atoms with E-state index in [2.05, 4.69) is 5.32 Å². The molecule has 0 radical (unpaired) electrons. The molecule has 1 aromatic heterocycles. The molecule has 18 heavy (non-hydrogen) atoms. The summed E-state index contributed by atoms with van der Waals surface area (Å²) in [5.41, 5.74) is 7.63. The van der Waals surface area contributed by atoms with Crippen LogP contribution in [0.15, 0.2) is 30.5 Å². The number of nitrogens with two attached hydrogens (primary N) is 1. The number of benzene rings is 1. The lowest BCUT2D eigenvalue weighted by molar-refractivity contribution is -0.121. The minimum Gasteiger partial charge on any atom is -0.341 e. The predicted molar refractivity (Wildman–Crippen MR) is 68.5 cm³/mol. The highest BCUT2D eigenvalue weighted by Crippen LogP contribution is 2.17. The average Bonchev–Trinajstić information content (AvgIpc) is 2.78. The van der Waals surface area contributed by atoms with Crippen LogP contribution in [0.2, 0.25) is 0 Å². The molecule has 5 nitrogen and oxygen atoms in total. The molecule has 0 aliphatic rings. The second kappa shape index (κ2) is 5.34. The van der Waals surface area contributed by atoms with Gasteiger partial charge in [-0.1, -0.05) is 6.07 Å². The van der Waals surface area contributed by atoms with Gasteiger partial charge in [-0.25, -0.2) is 0 Å². The van der Waals surface area contributed by atoms with Gasteiger partial charge < -0.3 is 15.6 Å². The molecule has 0 saturated carbocycles. The van der Waals surface area contributed by atoms with Crippen LogP contribution in [0.3, 0.4) is 0 Å². The van der Waals surface area contributed by atoms with E-state index in [-0.39, 0.29) is 19.0 Å². The van der Waals surface area contributed by atoms with E-state index in [1.165, 1.54) is 0 Å². The smallest absolute Gasteiger partial charge is 0.240 e. The maximum Gasteiger partial charge on any atom is 0.240 e. The van der Waals surface area contributed by atoms with Gasteiger partial charge in [0.1, 0.15) is 13.1 Å². The van der Waals surface area contributed by atoms with Gasteiger partial charge >= 0.3 is 0 Å². The molecule has 2 aromatic rings. The highest BCUT2D eigenvalue weighted by molar-refractivity contribution is 5.83. The molecule has 3 N–H and O–H groups in total. The molecular formula is C13H14N4O. The van der Waals surface area contributed by atoms with Gasteiger partial charge in [0, 0.05) is 18.3 Å². The number of amides is 1. The Kier molecular flexibility index (Phi) is 3.60. The molecular weight excluding hydrogens is 228 g/mol. The number of aromatic nitrogens is 1. The zero-order valence-electron chi connectivity index (χ0n) is 9.89. The van der Waals surface area contributed by atoms with Gasteiger partial charge in [-0.3, -0.25) is 4.79 Å². The summed E-state index contributed by atoms with van der Waals surface area (Å²) >= 11 is 0. The number of carbonyl (C=O) groups is 1. The Hall–Kier alpha value is -2.32. The highest BCUT2D eigenvalue weighted by Gasteiger charge is 2.06. The molecule has 0 fully saturated rings. The summed E-state index contributed by atoms with van der Waals surface area (Å²) < 4.78 is 1.85. The van der Waals surface area contributed by atoms with Crippen LogP contribution >= 0.6 is 0 Å². The summed E-state index contributed by atoms with van der Waals surface area (Å²) in [5, 5.41) is 12.0. The lowest BCUT2D eigenvalue weighted by Crippen LogP contribution is -2.27. The second-order valence-electron chi connectivity index (χ2n) is 3.98. The fourth-order valence-corrected chi connectivity index (χ4v) is 1.86. The lowest BCUT2D eigenvalue weighted by atomic mass is 10.1. The predicted octanol–water partition coefficient (Wildman–Crippen LogP) is 0.740. The highest BCUT2D eigenvalue weighted by atomic mass is 16.1. The standard InChI is InChI=1S/C13H14N4O/c14-4-5-16-13(18)9-17-6-3-11-7-10(8-15)1-2-12(11)17/h1-3,6-7H,5,8-9,15H2,(H,16,18). The Morgan fingerprint density at radius 1 is 1.44 bits per heavy atom. The van der Waals surface area contributed by atoms with Crippen molar-refractivity contribution in [3.05, 3.63) is 36.0 Å². The lowest BCUT2D eigenvalue weighted by Gasteiger charge is -2.05. The number of fused-ring (bicyclic) bond motifs is 1. The van der Waals surface area contributed by atoms with Gasteiger partial charge in [0.2, 0.25) is 5.91 Å². The van der Waals surface area contributed by atoms with Crippen molar-refractivity contribution in [1.29, 1.82) is 5.26 Å². The van der Waals surface area contributed by atoms with Crippen LogP contribution in [0.1, 0.15) is 5.56 Å². The first-order valence-electron chi connectivity index (χ1n) is 5.66. The molecule has 0 aliphatic heterocycles. The van der Waals surface area contributed by atoms with E-state index in [1.54, 1.807) is 0 Å². The van der Waals surface area contributed by atoms with Crippen LogP contribution in [0.5, 0.6) is 0 Å². The minimum absolute atomic E-state index is 0.0371. The number of nitriles is 1. The van der Waals surface area contributed by atoms with E-state index in [0.29, 0.717) is 6.54 Å². The molecule has 1 heterocycles. The average molecular weight is 242 g/mol. The molecule has 1 amide bonds. The summed E-state index contributed by atoms with van der Waals surface area (Å²) in [4.78, 5) is 11.5. The van der Waals surface area contributed by atoms with E-state index in [4.69, 9.17) is 11.0 Å². The molecule has 0 unspecified atom stereocenters. The van der Waals surface area contributed by atoms with Crippen LogP contribution < -0.4 is 11.1 Å². The Labute approximate surface area is 105 Å². The SMILES string of the molecule is N#CCNC(=O)Cn1ccc2cc(CN)ccc21. The topological polar surface area (TPSA) is 83.8 Å². The van der Waals surface area contributed by atoms with Crippen molar-refractivity contribution >= 4 is 16.8 Å². The number of carbonyl (C=O) groups excluding carboxylic acids is 1. The van der Waals surface area contributed by atoms with Crippen LogP contribution in [0.25, 0.3) is 10.9 Å². The van der Waals surface area contributed by atoms with Crippen LogP contribution in [0, 0.1) is 11.3 Å². The zero-order valence-corrected chi connectivity index (χ0v) is 9.89. The number of hydrogen-bond acceptors (Lipinski definition) is 3. The van der Waals surface area contributed by atoms with Crippen molar-refractivity contribution in [3.63, 3.8) is 0 Å². The van der Waals surface area contributed by atoms with Crippen molar-refractivity contribution in [2.75, 3.05) is 6.54 Å². The van der Waals surface area contributed by atoms with Crippen molar-refractivity contribution in [2.24, 2.45) is 5.73 Å². The van der Waals surface area contributed by atoms with Gasteiger partial charge in [0.25, 0.3) is 0 Å². The van der Waals surface area contributed by atoms with Gasteiger partial charge in [-0.15, -0.1) is 0 Å². The molecule has 0 saturated heterocycles. The van der Waals surface area contributed by atoms with Gasteiger partial charge in [0.15, 0.2) is 0 Å². The van der Waals surface area contributed by atoms with Crippen molar-refractivity contribution in [1.82, 2.24) is 9.88 Å². The Balaban J connectivity index is 2.19. The first kappa shape index (κ1) is 12.1. The largest absolute Gasteiger partial charge is 0.341 e. The van der Waals surface area contributed by atoms with Gasteiger partial charge in [-0.05, 0) is 29.1 Å². The molecule has 0 aliphatic carbocycles. The summed E-state index contributed by atoms with van der Waals surface area (Å²) in [6.07, 6.45) is 1.86. The third kappa shape index (κ3) is 2.50. The molecule has 1 aromatic carbocycles. The van der Waals surface area contributed by atoms with Crippen LogP contribution in [-0.2, 0) is 17.9 Å². The normalized spacial score (nSPS) is 10.2. The van der Waals surface area contributed by atoms with Gasteiger partial charge in [0.05, 0.1) is 6.07 Å². The van der Waals surface area contributed by atoms with Gasteiger partial charge in [-0.2, -0.15) is 5.26 Å². The molecule has 0 atom stereocenters. The summed E-state index contributed by atoms with van der Waals surface area (Å²) in [6.45, 7) is 0.756. The molecule has 0 bridgehead atoms. The number of nitrogens with zero attached hydrogens (tertiary/aromatic N) is 2. The van der Waals surface area contributed by atoms with E-state index < -0.39 is 0 Å². The molecule has 5 heteroatoms. The third-order valence-corrected chi connectivity index (χ3v) is 2.75. The molecule has 2 rings (SSSR count). The fraction of sp³-hybridized carbons (Fsp3) is 0.231. The maximum absolute atomic E-state index is 11.5. The van der Waals surface area contributed by atoms with E-state index in [1.807, 2.05) is 41.1 Å². The number of hydrogen-bond donors (Lipinski definition) is 2. The van der Waals surface area contributed by atoms with Crippen molar-refractivity contribution < 1.29 is 4.79 Å². The third-order valence-electron chi connectivity index (χ3n) is 2.75. The van der Waals surface area contributed by atoms with Crippen molar-refractivity contribution in [3.8, 4) is 6.07 Å². The van der Waals surface area contributed by atoms with Crippen LogP contribution in [0.4, 0.5) is 0 Å². The summed E-state index contributed by atoms with van der Waals surface area (Å²) in [6, 6.07) is 9.74.